The third kappa shape index (κ3) is 4.02. The first-order valence-corrected chi connectivity index (χ1v) is 6.63. The molecule has 0 radical (unpaired) electrons. The molecule has 8 heteroatoms. The van der Waals surface area contributed by atoms with Crippen molar-refractivity contribution in [2.45, 2.75) is 13.8 Å². The van der Waals surface area contributed by atoms with Crippen molar-refractivity contribution in [2.75, 3.05) is 11.9 Å². The summed E-state index contributed by atoms with van der Waals surface area (Å²) in [6, 6.07) is 6.41. The fraction of sp³-hybridized carbons (Fsp3) is 0.286. The number of nitrogens with zero attached hydrogens (tertiary/aromatic N) is 4. The van der Waals surface area contributed by atoms with Crippen LogP contribution in [0.25, 0.3) is 5.57 Å². The molecule has 2 N–H and O–H groups in total. The maximum absolute atomic E-state index is 13.9. The first kappa shape index (κ1) is 15.4. The molecule has 0 aliphatic carbocycles. The SMILES string of the molecule is CC(C)COc1ccc(NC=C(C#N)c2nn[nH]n2)cc1F. The van der Waals surface area contributed by atoms with Gasteiger partial charge < -0.3 is 10.1 Å². The predicted octanol–water partition coefficient (Wildman–Crippen LogP) is 2.35. The number of halogens is 1. The molecular formula is C14H15FN6O. The van der Waals surface area contributed by atoms with Crippen molar-refractivity contribution in [1.82, 2.24) is 20.6 Å². The Balaban J connectivity index is 2.08. The maximum atomic E-state index is 13.9. The van der Waals surface area contributed by atoms with Gasteiger partial charge in [0.15, 0.2) is 11.6 Å². The minimum atomic E-state index is -0.475. The van der Waals surface area contributed by atoms with Crippen molar-refractivity contribution in [2.24, 2.45) is 5.92 Å². The van der Waals surface area contributed by atoms with Gasteiger partial charge in [0.1, 0.15) is 11.6 Å². The van der Waals surface area contributed by atoms with Crippen LogP contribution in [0.4, 0.5) is 10.1 Å². The molecule has 0 amide bonds. The molecule has 0 aliphatic rings. The van der Waals surface area contributed by atoms with Gasteiger partial charge in [-0.2, -0.15) is 10.5 Å². The molecule has 2 aromatic rings. The molecular weight excluding hydrogens is 287 g/mol. The zero-order chi connectivity index (χ0) is 15.9. The van der Waals surface area contributed by atoms with Gasteiger partial charge in [0, 0.05) is 18.0 Å². The third-order valence-corrected chi connectivity index (χ3v) is 2.59. The summed E-state index contributed by atoms with van der Waals surface area (Å²) in [6.07, 6.45) is 1.38. The number of hydrogen-bond acceptors (Lipinski definition) is 6. The number of hydrogen-bond donors (Lipinski definition) is 2. The van der Waals surface area contributed by atoms with E-state index in [4.69, 9.17) is 10.00 Å². The van der Waals surface area contributed by atoms with Crippen molar-refractivity contribution in [3.63, 3.8) is 0 Å². The summed E-state index contributed by atoms with van der Waals surface area (Å²) >= 11 is 0. The monoisotopic (exact) mass is 302 g/mol. The maximum Gasteiger partial charge on any atom is 0.216 e. The number of aromatic nitrogens is 4. The van der Waals surface area contributed by atoms with E-state index in [0.29, 0.717) is 18.2 Å². The number of benzene rings is 1. The summed E-state index contributed by atoms with van der Waals surface area (Å²) in [5.74, 6) is 0.194. The molecule has 0 unspecified atom stereocenters. The van der Waals surface area contributed by atoms with Crippen LogP contribution in [0.5, 0.6) is 5.75 Å². The Bertz CT molecular complexity index is 690. The van der Waals surface area contributed by atoms with Crippen LogP contribution in [0.15, 0.2) is 24.4 Å². The molecule has 0 aliphatic heterocycles. The number of nitriles is 1. The van der Waals surface area contributed by atoms with Crippen LogP contribution < -0.4 is 10.1 Å². The lowest BCUT2D eigenvalue weighted by molar-refractivity contribution is 0.259. The normalized spacial score (nSPS) is 11.3. The number of rotatable bonds is 6. The molecule has 0 atom stereocenters. The molecule has 114 valence electrons. The van der Waals surface area contributed by atoms with Gasteiger partial charge >= 0.3 is 0 Å². The van der Waals surface area contributed by atoms with Crippen LogP contribution in [0.2, 0.25) is 0 Å². The number of anilines is 1. The van der Waals surface area contributed by atoms with Crippen LogP contribution in [-0.2, 0) is 0 Å². The number of allylic oxidation sites excluding steroid dienone is 1. The van der Waals surface area contributed by atoms with Crippen LogP contribution in [0, 0.1) is 23.1 Å². The van der Waals surface area contributed by atoms with Crippen molar-refractivity contribution in [3.05, 3.63) is 36.0 Å². The second kappa shape index (κ2) is 7.17. The highest BCUT2D eigenvalue weighted by Gasteiger charge is 2.07. The smallest absolute Gasteiger partial charge is 0.216 e. The second-order valence-electron chi connectivity index (χ2n) is 4.90. The predicted molar refractivity (Wildman–Crippen MR) is 78.1 cm³/mol. The Morgan fingerprint density at radius 3 is 2.95 bits per heavy atom. The summed E-state index contributed by atoms with van der Waals surface area (Å²) in [6.45, 7) is 4.42. The highest BCUT2D eigenvalue weighted by atomic mass is 19.1. The van der Waals surface area contributed by atoms with Gasteiger partial charge in [0.2, 0.25) is 5.82 Å². The summed E-state index contributed by atoms with van der Waals surface area (Å²) in [5, 5.41) is 24.9. The van der Waals surface area contributed by atoms with E-state index in [1.807, 2.05) is 19.9 Å². The summed E-state index contributed by atoms with van der Waals surface area (Å²) in [4.78, 5) is 0. The van der Waals surface area contributed by atoms with E-state index in [-0.39, 0.29) is 17.1 Å². The average molecular weight is 302 g/mol. The van der Waals surface area contributed by atoms with E-state index >= 15 is 0 Å². The molecule has 0 saturated carbocycles. The minimum Gasteiger partial charge on any atom is -0.490 e. The summed E-state index contributed by atoms with van der Waals surface area (Å²) in [7, 11) is 0. The van der Waals surface area contributed by atoms with E-state index in [2.05, 4.69) is 25.9 Å². The third-order valence-electron chi connectivity index (χ3n) is 2.59. The van der Waals surface area contributed by atoms with Crippen molar-refractivity contribution < 1.29 is 9.13 Å². The first-order chi connectivity index (χ1) is 10.6. The molecule has 0 fully saturated rings. The van der Waals surface area contributed by atoms with Crippen molar-refractivity contribution in [1.29, 1.82) is 5.26 Å². The quantitative estimate of drug-likeness (QED) is 0.795. The van der Waals surface area contributed by atoms with E-state index in [0.717, 1.165) is 0 Å². The molecule has 7 nitrogen and oxygen atoms in total. The number of tetrazole rings is 1. The largest absolute Gasteiger partial charge is 0.490 e. The van der Waals surface area contributed by atoms with Gasteiger partial charge in [-0.3, -0.25) is 0 Å². The van der Waals surface area contributed by atoms with Crippen molar-refractivity contribution >= 4 is 11.3 Å². The van der Waals surface area contributed by atoms with Gasteiger partial charge in [-0.15, -0.1) is 10.2 Å². The average Bonchev–Trinajstić information content (AvgIpc) is 3.01. The lowest BCUT2D eigenvalue weighted by atomic mass is 10.2. The van der Waals surface area contributed by atoms with Gasteiger partial charge in [0.05, 0.1) is 6.61 Å². The number of nitrogens with one attached hydrogen (secondary N) is 2. The molecule has 1 aromatic carbocycles. The van der Waals surface area contributed by atoms with Crippen molar-refractivity contribution in [3.8, 4) is 11.8 Å². The number of ether oxygens (including phenoxy) is 1. The fourth-order valence-corrected chi connectivity index (χ4v) is 1.54. The number of aromatic amines is 1. The van der Waals surface area contributed by atoms with E-state index in [9.17, 15) is 4.39 Å². The van der Waals surface area contributed by atoms with Gasteiger partial charge in [-0.05, 0) is 23.3 Å². The van der Waals surface area contributed by atoms with Gasteiger partial charge in [-0.25, -0.2) is 4.39 Å². The molecule has 0 saturated heterocycles. The Kier molecular flexibility index (Phi) is 5.03. The van der Waals surface area contributed by atoms with Gasteiger partial charge in [-0.1, -0.05) is 13.8 Å². The summed E-state index contributed by atoms with van der Waals surface area (Å²) in [5.41, 5.74) is 0.653. The van der Waals surface area contributed by atoms with E-state index < -0.39 is 5.82 Å². The topological polar surface area (TPSA) is 99.5 Å². The Labute approximate surface area is 126 Å². The zero-order valence-electron chi connectivity index (χ0n) is 12.2. The standard InChI is InChI=1S/C14H15FN6O/c1-9(2)8-22-13-4-3-11(5-12(13)15)17-7-10(6-16)14-18-20-21-19-14/h3-5,7,9,17H,8H2,1-2H3,(H,18,19,20,21). The fourth-order valence-electron chi connectivity index (χ4n) is 1.54. The highest BCUT2D eigenvalue weighted by molar-refractivity contribution is 5.74. The van der Waals surface area contributed by atoms with Crippen LogP contribution in [0.1, 0.15) is 19.7 Å². The molecule has 0 bridgehead atoms. The lowest BCUT2D eigenvalue weighted by Crippen LogP contribution is -2.05. The van der Waals surface area contributed by atoms with Crippen LogP contribution in [-0.4, -0.2) is 27.2 Å². The molecule has 0 spiro atoms. The lowest BCUT2D eigenvalue weighted by Gasteiger charge is -2.10. The number of H-pyrrole nitrogens is 1. The Morgan fingerprint density at radius 2 is 2.36 bits per heavy atom. The first-order valence-electron chi connectivity index (χ1n) is 6.63. The second-order valence-corrected chi connectivity index (χ2v) is 4.90. The minimum absolute atomic E-state index is 0.160. The Hall–Kier alpha value is -2.95. The molecule has 1 aromatic heterocycles. The summed E-state index contributed by atoms with van der Waals surface area (Å²) < 4.78 is 19.2. The van der Waals surface area contributed by atoms with Crippen LogP contribution in [0.3, 0.4) is 0 Å². The zero-order valence-corrected chi connectivity index (χ0v) is 12.2. The van der Waals surface area contributed by atoms with E-state index in [1.165, 1.54) is 18.3 Å². The van der Waals surface area contributed by atoms with Gasteiger partial charge in [0.25, 0.3) is 0 Å². The molecule has 2 rings (SSSR count). The Morgan fingerprint density at radius 1 is 1.55 bits per heavy atom. The van der Waals surface area contributed by atoms with E-state index in [1.54, 1.807) is 6.07 Å². The molecule has 22 heavy (non-hydrogen) atoms. The highest BCUT2D eigenvalue weighted by Crippen LogP contribution is 2.22. The van der Waals surface area contributed by atoms with Crippen LogP contribution >= 0.6 is 0 Å². The molecule has 1 heterocycles.